The van der Waals surface area contributed by atoms with Gasteiger partial charge in [-0.3, -0.25) is 4.90 Å². The van der Waals surface area contributed by atoms with E-state index in [9.17, 15) is 0 Å². The summed E-state index contributed by atoms with van der Waals surface area (Å²) >= 11 is 11.9. The summed E-state index contributed by atoms with van der Waals surface area (Å²) < 4.78 is 5.30. The van der Waals surface area contributed by atoms with Gasteiger partial charge in [-0.2, -0.15) is 0 Å². The SMILES string of the molecule is Nc1nc(NCCCN2CCOCC2)c(Cl)cc1Cl. The second kappa shape index (κ2) is 7.14. The van der Waals surface area contributed by atoms with Crippen LogP contribution in [0.15, 0.2) is 6.07 Å². The van der Waals surface area contributed by atoms with Crippen molar-refractivity contribution in [3.05, 3.63) is 16.1 Å². The van der Waals surface area contributed by atoms with Crippen LogP contribution in [0.2, 0.25) is 10.0 Å². The lowest BCUT2D eigenvalue weighted by Gasteiger charge is -2.26. The van der Waals surface area contributed by atoms with Crippen LogP contribution in [0, 0.1) is 0 Å². The lowest BCUT2D eigenvalue weighted by atomic mass is 10.3. The molecule has 106 valence electrons. The van der Waals surface area contributed by atoms with Gasteiger partial charge in [0.05, 0.1) is 23.3 Å². The van der Waals surface area contributed by atoms with E-state index in [1.165, 1.54) is 0 Å². The molecule has 2 rings (SSSR count). The van der Waals surface area contributed by atoms with Gasteiger partial charge in [0.1, 0.15) is 11.6 Å². The molecule has 0 aromatic carbocycles. The van der Waals surface area contributed by atoms with Crippen LogP contribution in [-0.2, 0) is 4.74 Å². The van der Waals surface area contributed by atoms with Gasteiger partial charge in [0.2, 0.25) is 0 Å². The quantitative estimate of drug-likeness (QED) is 0.816. The van der Waals surface area contributed by atoms with Gasteiger partial charge in [0.25, 0.3) is 0 Å². The molecular weight excluding hydrogens is 287 g/mol. The number of morpholine rings is 1. The second-order valence-electron chi connectivity index (χ2n) is 4.42. The van der Waals surface area contributed by atoms with Crippen LogP contribution in [0.5, 0.6) is 0 Å². The number of nitrogens with two attached hydrogens (primary N) is 1. The molecule has 0 radical (unpaired) electrons. The van der Waals surface area contributed by atoms with E-state index in [2.05, 4.69) is 15.2 Å². The summed E-state index contributed by atoms with van der Waals surface area (Å²) in [5.41, 5.74) is 5.65. The molecule has 7 heteroatoms. The molecule has 1 aromatic rings. The molecule has 0 amide bonds. The fourth-order valence-electron chi connectivity index (χ4n) is 1.94. The van der Waals surface area contributed by atoms with Crippen molar-refractivity contribution in [3.63, 3.8) is 0 Å². The topological polar surface area (TPSA) is 63.4 Å². The summed E-state index contributed by atoms with van der Waals surface area (Å²) in [6.45, 7) is 5.51. The third-order valence-electron chi connectivity index (χ3n) is 3.00. The van der Waals surface area contributed by atoms with Crippen molar-refractivity contribution in [2.24, 2.45) is 0 Å². The van der Waals surface area contributed by atoms with Crippen molar-refractivity contribution in [3.8, 4) is 0 Å². The van der Waals surface area contributed by atoms with Crippen molar-refractivity contribution < 1.29 is 4.74 Å². The van der Waals surface area contributed by atoms with Crippen LogP contribution < -0.4 is 11.1 Å². The second-order valence-corrected chi connectivity index (χ2v) is 5.23. The maximum atomic E-state index is 6.04. The van der Waals surface area contributed by atoms with Crippen molar-refractivity contribution in [1.82, 2.24) is 9.88 Å². The van der Waals surface area contributed by atoms with Gasteiger partial charge < -0.3 is 15.8 Å². The molecule has 0 unspecified atom stereocenters. The summed E-state index contributed by atoms with van der Waals surface area (Å²) in [5, 5.41) is 4.05. The molecule has 0 bridgehead atoms. The molecule has 1 aromatic heterocycles. The lowest BCUT2D eigenvalue weighted by molar-refractivity contribution is 0.0378. The van der Waals surface area contributed by atoms with E-state index in [-0.39, 0.29) is 0 Å². The molecule has 0 aliphatic carbocycles. The smallest absolute Gasteiger partial charge is 0.147 e. The number of ether oxygens (including phenoxy) is 1. The van der Waals surface area contributed by atoms with Crippen LogP contribution in [0.25, 0.3) is 0 Å². The van der Waals surface area contributed by atoms with E-state index < -0.39 is 0 Å². The van der Waals surface area contributed by atoms with E-state index >= 15 is 0 Å². The Morgan fingerprint density at radius 2 is 2.05 bits per heavy atom. The van der Waals surface area contributed by atoms with E-state index in [1.807, 2.05) is 0 Å². The van der Waals surface area contributed by atoms with Crippen molar-refractivity contribution >= 4 is 34.8 Å². The highest BCUT2D eigenvalue weighted by atomic mass is 35.5. The first-order valence-electron chi connectivity index (χ1n) is 6.32. The molecule has 0 atom stereocenters. The molecule has 0 spiro atoms. The van der Waals surface area contributed by atoms with Crippen molar-refractivity contribution in [2.75, 3.05) is 50.4 Å². The third kappa shape index (κ3) is 4.38. The minimum atomic E-state index is 0.293. The number of nitrogens with one attached hydrogen (secondary N) is 1. The Balaban J connectivity index is 1.74. The molecule has 3 N–H and O–H groups in total. The van der Waals surface area contributed by atoms with Crippen LogP contribution in [-0.4, -0.2) is 49.3 Å². The predicted octanol–water partition coefficient (Wildman–Crippen LogP) is 2.10. The fourth-order valence-corrected chi connectivity index (χ4v) is 2.36. The zero-order valence-corrected chi connectivity index (χ0v) is 12.2. The summed E-state index contributed by atoms with van der Waals surface area (Å²) in [5.74, 6) is 0.882. The first kappa shape index (κ1) is 14.7. The largest absolute Gasteiger partial charge is 0.382 e. The van der Waals surface area contributed by atoms with Crippen molar-refractivity contribution in [2.45, 2.75) is 6.42 Å². The highest BCUT2D eigenvalue weighted by molar-refractivity contribution is 6.37. The normalized spacial score (nSPS) is 16.5. The van der Waals surface area contributed by atoms with Gasteiger partial charge in [-0.25, -0.2) is 4.98 Å². The maximum Gasteiger partial charge on any atom is 0.147 e. The zero-order valence-electron chi connectivity index (χ0n) is 10.7. The number of halogens is 2. The van der Waals surface area contributed by atoms with Gasteiger partial charge in [-0.1, -0.05) is 23.2 Å². The Morgan fingerprint density at radius 3 is 2.79 bits per heavy atom. The van der Waals surface area contributed by atoms with Gasteiger partial charge in [-0.05, 0) is 19.0 Å². The van der Waals surface area contributed by atoms with Gasteiger partial charge in [0.15, 0.2) is 0 Å². The van der Waals surface area contributed by atoms with E-state index in [0.717, 1.165) is 45.8 Å². The molecule has 1 saturated heterocycles. The molecule has 19 heavy (non-hydrogen) atoms. The van der Waals surface area contributed by atoms with E-state index in [4.69, 9.17) is 33.7 Å². The van der Waals surface area contributed by atoms with Crippen LogP contribution in [0.1, 0.15) is 6.42 Å². The maximum absolute atomic E-state index is 6.04. The molecular formula is C12H18Cl2N4O. The van der Waals surface area contributed by atoms with Crippen LogP contribution in [0.4, 0.5) is 11.6 Å². The summed E-state index contributed by atoms with van der Waals surface area (Å²) in [6, 6.07) is 1.61. The number of nitrogens with zero attached hydrogens (tertiary/aromatic N) is 2. The Bertz CT molecular complexity index is 424. The Labute approximate surface area is 123 Å². The highest BCUT2D eigenvalue weighted by Gasteiger charge is 2.10. The Hall–Kier alpha value is -0.750. The standard InChI is InChI=1S/C12H18Cl2N4O/c13-9-8-10(14)12(17-11(9)15)16-2-1-3-18-4-6-19-7-5-18/h8H,1-7H2,(H3,15,16,17). The summed E-state index contributed by atoms with van der Waals surface area (Å²) in [7, 11) is 0. The molecule has 1 fully saturated rings. The van der Waals surface area contributed by atoms with Gasteiger partial charge in [-0.15, -0.1) is 0 Å². The van der Waals surface area contributed by atoms with Gasteiger partial charge >= 0.3 is 0 Å². The Morgan fingerprint density at radius 1 is 1.32 bits per heavy atom. The third-order valence-corrected chi connectivity index (χ3v) is 3.59. The number of hydrogen-bond acceptors (Lipinski definition) is 5. The molecule has 0 saturated carbocycles. The summed E-state index contributed by atoms with van der Waals surface area (Å²) in [6.07, 6.45) is 1.01. The predicted molar refractivity (Wildman–Crippen MR) is 79.0 cm³/mol. The fraction of sp³-hybridized carbons (Fsp3) is 0.583. The molecule has 1 aliphatic rings. The number of aromatic nitrogens is 1. The monoisotopic (exact) mass is 304 g/mol. The van der Waals surface area contributed by atoms with Crippen LogP contribution in [0.3, 0.4) is 0 Å². The van der Waals surface area contributed by atoms with E-state index in [1.54, 1.807) is 6.07 Å². The van der Waals surface area contributed by atoms with Crippen molar-refractivity contribution in [1.29, 1.82) is 0 Å². The minimum Gasteiger partial charge on any atom is -0.382 e. The van der Waals surface area contributed by atoms with Gasteiger partial charge in [0, 0.05) is 19.6 Å². The molecule has 1 aliphatic heterocycles. The number of pyridine rings is 1. The first-order valence-corrected chi connectivity index (χ1v) is 7.08. The average molecular weight is 305 g/mol. The number of anilines is 2. The zero-order chi connectivity index (χ0) is 13.7. The summed E-state index contributed by atoms with van der Waals surface area (Å²) in [4.78, 5) is 6.51. The van der Waals surface area contributed by atoms with Crippen LogP contribution >= 0.6 is 23.2 Å². The number of rotatable bonds is 5. The lowest BCUT2D eigenvalue weighted by Crippen LogP contribution is -2.37. The minimum absolute atomic E-state index is 0.293. The molecule has 5 nitrogen and oxygen atoms in total. The molecule has 2 heterocycles. The first-order chi connectivity index (χ1) is 9.16. The number of hydrogen-bond donors (Lipinski definition) is 2. The Kier molecular flexibility index (Phi) is 5.51. The number of nitrogen functional groups attached to an aromatic ring is 1. The van der Waals surface area contributed by atoms with E-state index in [0.29, 0.717) is 21.7 Å². The highest BCUT2D eigenvalue weighted by Crippen LogP contribution is 2.27. The average Bonchev–Trinajstić information content (AvgIpc) is 2.41.